The van der Waals surface area contributed by atoms with E-state index in [4.69, 9.17) is 5.11 Å². The van der Waals surface area contributed by atoms with Crippen LogP contribution in [0.1, 0.15) is 0 Å². The average Bonchev–Trinajstić information content (AvgIpc) is 2.23. The SMILES string of the molecule is O=[N+]([O-])c1ccc2c(ccc(O)[n+]2[O-])c1. The van der Waals surface area contributed by atoms with Gasteiger partial charge in [-0.25, -0.2) is 0 Å². The van der Waals surface area contributed by atoms with Crippen LogP contribution in [0.3, 0.4) is 0 Å². The van der Waals surface area contributed by atoms with Gasteiger partial charge in [-0.1, -0.05) is 0 Å². The molecule has 1 heterocycles. The fraction of sp³-hybridized carbons (Fsp3) is 0. The van der Waals surface area contributed by atoms with Crippen molar-refractivity contribution in [2.45, 2.75) is 0 Å². The van der Waals surface area contributed by atoms with Crippen LogP contribution in [0.15, 0.2) is 30.3 Å². The highest BCUT2D eigenvalue weighted by molar-refractivity contribution is 5.78. The summed E-state index contributed by atoms with van der Waals surface area (Å²) in [6, 6.07) is 6.45. The van der Waals surface area contributed by atoms with Gasteiger partial charge in [-0.3, -0.25) is 10.1 Å². The molecule has 0 aliphatic carbocycles. The number of nitro groups is 1. The van der Waals surface area contributed by atoms with Crippen molar-refractivity contribution >= 4 is 16.6 Å². The normalized spacial score (nSPS) is 10.4. The van der Waals surface area contributed by atoms with Crippen molar-refractivity contribution in [2.75, 3.05) is 0 Å². The number of nitro benzene ring substituents is 1. The summed E-state index contributed by atoms with van der Waals surface area (Å²) >= 11 is 0. The Morgan fingerprint density at radius 2 is 2.00 bits per heavy atom. The molecule has 0 atom stereocenters. The molecule has 2 aromatic rings. The average molecular weight is 206 g/mol. The highest BCUT2D eigenvalue weighted by Gasteiger charge is 2.12. The number of non-ortho nitro benzene ring substituents is 1. The number of hydrogen-bond acceptors (Lipinski definition) is 4. The number of hydrogen-bond donors (Lipinski definition) is 1. The first kappa shape index (κ1) is 9.20. The summed E-state index contributed by atoms with van der Waals surface area (Å²) in [4.78, 5) is 9.93. The van der Waals surface area contributed by atoms with Crippen LogP contribution in [0.5, 0.6) is 5.88 Å². The fourth-order valence-corrected chi connectivity index (χ4v) is 1.33. The zero-order valence-electron chi connectivity index (χ0n) is 7.45. The number of aromatic hydroxyl groups is 1. The standard InChI is InChI=1S/C9H6N2O4/c12-9-4-1-6-5-7(11(14)15)2-3-8(6)10(9)13/h1-5,12H. The maximum absolute atomic E-state index is 11.3. The molecule has 0 aliphatic rings. The van der Waals surface area contributed by atoms with Crippen LogP contribution in [-0.4, -0.2) is 10.0 Å². The van der Waals surface area contributed by atoms with Crippen LogP contribution in [0.4, 0.5) is 5.69 Å². The second-order valence-electron chi connectivity index (χ2n) is 2.99. The van der Waals surface area contributed by atoms with Gasteiger partial charge >= 0.3 is 5.88 Å². The summed E-state index contributed by atoms with van der Waals surface area (Å²) in [5, 5.41) is 31.3. The zero-order chi connectivity index (χ0) is 11.0. The molecule has 1 aromatic carbocycles. The van der Waals surface area contributed by atoms with E-state index in [9.17, 15) is 15.3 Å². The van der Waals surface area contributed by atoms with Crippen LogP contribution in [0.2, 0.25) is 0 Å². The maximum Gasteiger partial charge on any atom is 0.377 e. The monoisotopic (exact) mass is 206 g/mol. The molecular weight excluding hydrogens is 200 g/mol. The molecule has 0 aliphatic heterocycles. The second-order valence-corrected chi connectivity index (χ2v) is 2.99. The molecule has 0 bridgehead atoms. The van der Waals surface area contributed by atoms with Gasteiger partial charge in [0.2, 0.25) is 5.52 Å². The van der Waals surface area contributed by atoms with Crippen molar-refractivity contribution < 1.29 is 14.8 Å². The van der Waals surface area contributed by atoms with Crippen LogP contribution in [0, 0.1) is 15.3 Å². The Morgan fingerprint density at radius 3 is 2.67 bits per heavy atom. The fourth-order valence-electron chi connectivity index (χ4n) is 1.33. The van der Waals surface area contributed by atoms with Gasteiger partial charge < -0.3 is 10.3 Å². The van der Waals surface area contributed by atoms with E-state index in [0.717, 1.165) is 0 Å². The molecule has 0 unspecified atom stereocenters. The number of fused-ring (bicyclic) bond motifs is 1. The highest BCUT2D eigenvalue weighted by atomic mass is 16.6. The van der Waals surface area contributed by atoms with E-state index in [1.807, 2.05) is 0 Å². The van der Waals surface area contributed by atoms with Crippen LogP contribution >= 0.6 is 0 Å². The summed E-state index contributed by atoms with van der Waals surface area (Å²) in [6.45, 7) is 0. The van der Waals surface area contributed by atoms with E-state index in [2.05, 4.69) is 0 Å². The number of rotatable bonds is 1. The first-order valence-corrected chi connectivity index (χ1v) is 4.09. The van der Waals surface area contributed by atoms with E-state index in [-0.39, 0.29) is 11.2 Å². The van der Waals surface area contributed by atoms with E-state index < -0.39 is 10.8 Å². The molecule has 15 heavy (non-hydrogen) atoms. The lowest BCUT2D eigenvalue weighted by atomic mass is 10.2. The third kappa shape index (κ3) is 1.41. The van der Waals surface area contributed by atoms with Gasteiger partial charge in [0.05, 0.1) is 16.4 Å². The predicted octanol–water partition coefficient (Wildman–Crippen LogP) is 1.09. The lowest BCUT2D eigenvalue weighted by Crippen LogP contribution is -2.26. The summed E-state index contributed by atoms with van der Waals surface area (Å²) in [6.07, 6.45) is 0. The molecule has 0 saturated carbocycles. The molecule has 6 nitrogen and oxygen atoms in total. The van der Waals surface area contributed by atoms with Gasteiger partial charge in [-0.05, 0) is 6.07 Å². The molecule has 1 N–H and O–H groups in total. The minimum Gasteiger partial charge on any atom is -0.616 e. The lowest BCUT2D eigenvalue weighted by Gasteiger charge is -2.02. The smallest absolute Gasteiger partial charge is 0.377 e. The van der Waals surface area contributed by atoms with Crippen molar-refractivity contribution in [1.82, 2.24) is 0 Å². The maximum atomic E-state index is 11.3. The van der Waals surface area contributed by atoms with E-state index >= 15 is 0 Å². The first-order chi connectivity index (χ1) is 7.09. The minimum atomic E-state index is -0.540. The quantitative estimate of drug-likeness (QED) is 0.327. The molecule has 0 spiro atoms. The van der Waals surface area contributed by atoms with Crippen LogP contribution in [-0.2, 0) is 0 Å². The van der Waals surface area contributed by atoms with E-state index in [1.54, 1.807) is 0 Å². The number of benzene rings is 1. The third-order valence-corrected chi connectivity index (χ3v) is 2.06. The molecule has 0 saturated heterocycles. The molecule has 6 heteroatoms. The van der Waals surface area contributed by atoms with Gasteiger partial charge in [0, 0.05) is 18.2 Å². The summed E-state index contributed by atoms with van der Waals surface area (Å²) < 4.78 is 0.319. The van der Waals surface area contributed by atoms with Gasteiger partial charge in [0.1, 0.15) is 0 Å². The van der Waals surface area contributed by atoms with E-state index in [0.29, 0.717) is 10.1 Å². The van der Waals surface area contributed by atoms with Gasteiger partial charge in [-0.15, -0.1) is 4.73 Å². The summed E-state index contributed by atoms with van der Waals surface area (Å²) in [7, 11) is 0. The minimum absolute atomic E-state index is 0.0896. The van der Waals surface area contributed by atoms with Gasteiger partial charge in [0.15, 0.2) is 0 Å². The third-order valence-electron chi connectivity index (χ3n) is 2.06. The Hall–Kier alpha value is -2.37. The van der Waals surface area contributed by atoms with Crippen LogP contribution in [0.25, 0.3) is 10.9 Å². The molecule has 1 aromatic heterocycles. The molecule has 0 radical (unpaired) electrons. The Bertz CT molecular complexity index is 553. The van der Waals surface area contributed by atoms with E-state index in [1.165, 1.54) is 30.3 Å². The van der Waals surface area contributed by atoms with Crippen molar-refractivity contribution in [3.63, 3.8) is 0 Å². The Kier molecular flexibility index (Phi) is 1.89. The van der Waals surface area contributed by atoms with Crippen molar-refractivity contribution in [3.05, 3.63) is 45.7 Å². The molecule has 0 amide bonds. The zero-order valence-corrected chi connectivity index (χ0v) is 7.45. The number of nitrogens with zero attached hydrogens (tertiary/aromatic N) is 2. The summed E-state index contributed by atoms with van der Waals surface area (Å²) in [5.74, 6) is -0.434. The largest absolute Gasteiger partial charge is 0.616 e. The Labute approximate surface area is 83.7 Å². The summed E-state index contributed by atoms with van der Waals surface area (Å²) in [5.41, 5.74) is 0.105. The lowest BCUT2D eigenvalue weighted by molar-refractivity contribution is -0.585. The molecule has 76 valence electrons. The first-order valence-electron chi connectivity index (χ1n) is 4.09. The van der Waals surface area contributed by atoms with Crippen molar-refractivity contribution in [3.8, 4) is 5.88 Å². The molecule has 0 fully saturated rings. The topological polar surface area (TPSA) is 90.3 Å². The molecule has 2 rings (SSSR count). The van der Waals surface area contributed by atoms with Gasteiger partial charge in [-0.2, -0.15) is 0 Å². The predicted molar refractivity (Wildman–Crippen MR) is 51.2 cm³/mol. The Balaban J connectivity index is 2.75. The molecular formula is C9H6N2O4. The van der Waals surface area contributed by atoms with Crippen molar-refractivity contribution in [1.29, 1.82) is 0 Å². The second kappa shape index (κ2) is 3.09. The Morgan fingerprint density at radius 1 is 1.27 bits per heavy atom. The number of pyridine rings is 1. The highest BCUT2D eigenvalue weighted by Crippen LogP contribution is 2.19. The van der Waals surface area contributed by atoms with Crippen LogP contribution < -0.4 is 4.73 Å². The van der Waals surface area contributed by atoms with Crippen molar-refractivity contribution in [2.24, 2.45) is 0 Å². The van der Waals surface area contributed by atoms with Gasteiger partial charge in [0.25, 0.3) is 5.69 Å². The number of aromatic nitrogens is 1.